The van der Waals surface area contributed by atoms with E-state index in [0.29, 0.717) is 6.42 Å². The number of phenols is 1. The highest BCUT2D eigenvalue weighted by molar-refractivity contribution is 5.77. The van der Waals surface area contributed by atoms with Gasteiger partial charge in [0.25, 0.3) is 5.92 Å². The third-order valence-electron chi connectivity index (χ3n) is 7.58. The van der Waals surface area contributed by atoms with E-state index in [2.05, 4.69) is 10.3 Å². The largest absolute Gasteiger partial charge is 0.508 e. The van der Waals surface area contributed by atoms with Crippen LogP contribution in [0, 0.1) is 19.3 Å². The van der Waals surface area contributed by atoms with Crippen molar-refractivity contribution in [1.82, 2.24) is 15.2 Å². The van der Waals surface area contributed by atoms with Crippen molar-refractivity contribution < 1.29 is 31.9 Å². The van der Waals surface area contributed by atoms with E-state index < -0.39 is 35.0 Å². The standard InChI is InChI=1S/C27H34F5N3O2/c1-16-10-20(36)11-17(2)21(16)12-19(35(4)5)15-34-24(37)13-22(26(8-9-26)25(3,28)29)18-6-7-23(33-14-18)27(30,31)32/h6-7,10-11,14,19,22,36H,8-9,12-13,15H2,1-5H3,(H,34,37)/t19-,22?/m0/s1. The van der Waals surface area contributed by atoms with E-state index in [1.54, 1.807) is 12.1 Å². The predicted molar refractivity (Wildman–Crippen MR) is 131 cm³/mol. The second kappa shape index (κ2) is 10.6. The van der Waals surface area contributed by atoms with Crippen LogP contribution in [0.3, 0.4) is 0 Å². The molecular weight excluding hydrogens is 493 g/mol. The summed E-state index contributed by atoms with van der Waals surface area (Å²) in [6, 6.07) is 5.17. The molecule has 1 aliphatic carbocycles. The van der Waals surface area contributed by atoms with E-state index >= 15 is 0 Å². The maximum absolute atomic E-state index is 14.6. The molecular formula is C27H34F5N3O2. The first-order valence-electron chi connectivity index (χ1n) is 12.2. The molecule has 2 aromatic rings. The maximum Gasteiger partial charge on any atom is 0.433 e. The quantitative estimate of drug-likeness (QED) is 0.394. The first-order valence-corrected chi connectivity index (χ1v) is 12.2. The first-order chi connectivity index (χ1) is 17.0. The van der Waals surface area contributed by atoms with Crippen molar-refractivity contribution >= 4 is 5.91 Å². The predicted octanol–water partition coefficient (Wildman–Crippen LogP) is 5.62. The molecule has 37 heavy (non-hydrogen) atoms. The lowest BCUT2D eigenvalue weighted by atomic mass is 9.77. The number of pyridine rings is 1. The van der Waals surface area contributed by atoms with E-state index in [4.69, 9.17) is 0 Å². The highest BCUT2D eigenvalue weighted by Gasteiger charge is 2.63. The van der Waals surface area contributed by atoms with E-state index in [-0.39, 0.29) is 43.2 Å². The van der Waals surface area contributed by atoms with E-state index in [1.165, 1.54) is 0 Å². The Balaban J connectivity index is 1.77. The molecule has 10 heteroatoms. The fraction of sp³-hybridized carbons (Fsp3) is 0.556. The molecule has 1 aromatic carbocycles. The third-order valence-corrected chi connectivity index (χ3v) is 7.58. The summed E-state index contributed by atoms with van der Waals surface area (Å²) in [5.41, 5.74) is 0.482. The number of halogens is 5. The van der Waals surface area contributed by atoms with Gasteiger partial charge in [0.15, 0.2) is 0 Å². The van der Waals surface area contributed by atoms with Gasteiger partial charge < -0.3 is 15.3 Å². The van der Waals surface area contributed by atoms with Crippen LogP contribution >= 0.6 is 0 Å². The average Bonchev–Trinajstić information content (AvgIpc) is 3.58. The Morgan fingerprint density at radius 3 is 2.16 bits per heavy atom. The molecule has 1 heterocycles. The molecule has 0 radical (unpaired) electrons. The number of aryl methyl sites for hydroxylation is 2. The Kier molecular flexibility index (Phi) is 8.22. The van der Waals surface area contributed by atoms with Crippen LogP contribution in [0.1, 0.15) is 60.1 Å². The van der Waals surface area contributed by atoms with Gasteiger partial charge in [-0.25, -0.2) is 8.78 Å². The van der Waals surface area contributed by atoms with Crippen molar-refractivity contribution in [3.8, 4) is 5.75 Å². The molecule has 1 amide bonds. The van der Waals surface area contributed by atoms with Gasteiger partial charge in [-0.2, -0.15) is 13.2 Å². The Labute approximate surface area is 214 Å². The van der Waals surface area contributed by atoms with Crippen LogP contribution in [-0.4, -0.2) is 53.5 Å². The normalized spacial score (nSPS) is 16.9. The van der Waals surface area contributed by atoms with Gasteiger partial charge in [0.1, 0.15) is 11.4 Å². The monoisotopic (exact) mass is 527 g/mol. The summed E-state index contributed by atoms with van der Waals surface area (Å²) >= 11 is 0. The Bertz CT molecular complexity index is 1080. The summed E-state index contributed by atoms with van der Waals surface area (Å²) in [5, 5.41) is 12.7. The lowest BCUT2D eigenvalue weighted by molar-refractivity contribution is -0.141. The molecule has 2 atom stereocenters. The van der Waals surface area contributed by atoms with Crippen LogP contribution in [0.2, 0.25) is 0 Å². The van der Waals surface area contributed by atoms with E-state index in [9.17, 15) is 31.9 Å². The molecule has 1 fully saturated rings. The fourth-order valence-electron chi connectivity index (χ4n) is 5.09. The number of likely N-dealkylation sites (N-methyl/N-ethyl adjacent to an activating group) is 1. The first kappa shape index (κ1) is 28.8. The topological polar surface area (TPSA) is 65.5 Å². The smallest absolute Gasteiger partial charge is 0.433 e. The Morgan fingerprint density at radius 2 is 1.73 bits per heavy atom. The zero-order valence-electron chi connectivity index (χ0n) is 21.7. The van der Waals surface area contributed by atoms with Gasteiger partial charge in [0.05, 0.1) is 0 Å². The minimum absolute atomic E-state index is 0.112. The van der Waals surface area contributed by atoms with Crippen LogP contribution in [0.4, 0.5) is 22.0 Å². The van der Waals surface area contributed by atoms with Crippen molar-refractivity contribution in [3.05, 3.63) is 58.4 Å². The molecule has 0 saturated heterocycles. The average molecular weight is 528 g/mol. The lowest BCUT2D eigenvalue weighted by Crippen LogP contribution is -2.43. The number of amides is 1. The van der Waals surface area contributed by atoms with Crippen molar-refractivity contribution in [3.63, 3.8) is 0 Å². The number of rotatable bonds is 10. The van der Waals surface area contributed by atoms with E-state index in [1.807, 2.05) is 32.8 Å². The molecule has 1 unspecified atom stereocenters. The molecule has 1 aromatic heterocycles. The highest BCUT2D eigenvalue weighted by Crippen LogP contribution is 2.65. The van der Waals surface area contributed by atoms with E-state index in [0.717, 1.165) is 41.9 Å². The number of alkyl halides is 5. The number of nitrogens with zero attached hydrogens (tertiary/aromatic N) is 2. The number of aromatic hydroxyl groups is 1. The number of aromatic nitrogens is 1. The van der Waals surface area contributed by atoms with Crippen molar-refractivity contribution in [2.24, 2.45) is 5.41 Å². The SMILES string of the molecule is Cc1cc(O)cc(C)c1C[C@@H](CNC(=O)CC(c1ccc(C(F)(F)F)nc1)C1(C(C)(F)F)CC1)N(C)C. The number of hydrogen-bond donors (Lipinski definition) is 2. The molecule has 0 spiro atoms. The second-order valence-electron chi connectivity index (χ2n) is 10.5. The number of carbonyl (C=O) groups excluding carboxylic acids is 1. The molecule has 0 bridgehead atoms. The molecule has 1 aliphatic rings. The third kappa shape index (κ3) is 6.58. The number of nitrogens with one attached hydrogen (secondary N) is 1. The van der Waals surface area contributed by atoms with Gasteiger partial charge in [-0.15, -0.1) is 0 Å². The fourth-order valence-corrected chi connectivity index (χ4v) is 5.09. The van der Waals surface area contributed by atoms with Gasteiger partial charge in [-0.05, 0) is 94.6 Å². The van der Waals surface area contributed by atoms with Crippen molar-refractivity contribution in [2.45, 2.75) is 70.5 Å². The number of benzene rings is 1. The van der Waals surface area contributed by atoms with Gasteiger partial charge in [0.2, 0.25) is 5.91 Å². The maximum atomic E-state index is 14.6. The van der Waals surface area contributed by atoms with Gasteiger partial charge in [-0.3, -0.25) is 9.78 Å². The molecule has 204 valence electrons. The Hall–Kier alpha value is -2.75. The minimum Gasteiger partial charge on any atom is -0.508 e. The van der Waals surface area contributed by atoms with Crippen LogP contribution in [-0.2, 0) is 17.4 Å². The molecule has 3 rings (SSSR count). The summed E-state index contributed by atoms with van der Waals surface area (Å²) in [6.45, 7) is 4.85. The molecule has 2 N–H and O–H groups in total. The number of phenolic OH excluding ortho intramolecular Hbond substituents is 1. The van der Waals surface area contributed by atoms with Crippen LogP contribution < -0.4 is 5.32 Å². The minimum atomic E-state index is -4.65. The lowest BCUT2D eigenvalue weighted by Gasteiger charge is -2.32. The van der Waals surface area contributed by atoms with Crippen LogP contribution in [0.25, 0.3) is 0 Å². The molecule has 0 aliphatic heterocycles. The number of carbonyl (C=O) groups is 1. The highest BCUT2D eigenvalue weighted by atomic mass is 19.4. The molecule has 5 nitrogen and oxygen atoms in total. The zero-order valence-corrected chi connectivity index (χ0v) is 21.7. The zero-order chi connectivity index (χ0) is 27.8. The Morgan fingerprint density at radius 1 is 1.14 bits per heavy atom. The van der Waals surface area contributed by atoms with Gasteiger partial charge in [0, 0.05) is 36.5 Å². The summed E-state index contributed by atoms with van der Waals surface area (Å²) in [6.07, 6.45) is -3.02. The summed E-state index contributed by atoms with van der Waals surface area (Å²) in [5.74, 6) is -4.35. The second-order valence-corrected chi connectivity index (χ2v) is 10.5. The van der Waals surface area contributed by atoms with Crippen LogP contribution in [0.15, 0.2) is 30.5 Å². The van der Waals surface area contributed by atoms with Crippen molar-refractivity contribution in [1.29, 1.82) is 0 Å². The van der Waals surface area contributed by atoms with Gasteiger partial charge in [-0.1, -0.05) is 6.07 Å². The van der Waals surface area contributed by atoms with Gasteiger partial charge >= 0.3 is 6.18 Å². The summed E-state index contributed by atoms with van der Waals surface area (Å²) in [4.78, 5) is 18.4. The number of hydrogen-bond acceptors (Lipinski definition) is 4. The summed E-state index contributed by atoms with van der Waals surface area (Å²) < 4.78 is 68.2. The van der Waals surface area contributed by atoms with Crippen molar-refractivity contribution in [2.75, 3.05) is 20.6 Å². The molecule has 1 saturated carbocycles. The van der Waals surface area contributed by atoms with Crippen LogP contribution in [0.5, 0.6) is 5.75 Å². The summed E-state index contributed by atoms with van der Waals surface area (Å²) in [7, 11) is 3.74.